The molecule has 0 fully saturated rings. The average Bonchev–Trinajstić information content (AvgIpc) is 3.89. The molecule has 0 saturated heterocycles. The van der Waals surface area contributed by atoms with Gasteiger partial charge in [-0.05, 0) is 115 Å². The molecule has 0 amide bonds. The summed E-state index contributed by atoms with van der Waals surface area (Å²) in [5.74, 6) is 0. The van der Waals surface area contributed by atoms with E-state index in [1.165, 1.54) is 66.4 Å². The van der Waals surface area contributed by atoms with Gasteiger partial charge in [0, 0.05) is 21.8 Å². The Balaban J connectivity index is 1.19. The molecule has 0 radical (unpaired) electrons. The molecule has 0 bridgehead atoms. The van der Waals surface area contributed by atoms with Crippen molar-refractivity contribution in [2.75, 3.05) is 4.90 Å². The topological polar surface area (TPSA) is 16.4 Å². The van der Waals surface area contributed by atoms with E-state index < -0.39 is 5.41 Å². The minimum absolute atomic E-state index is 0.0436. The van der Waals surface area contributed by atoms with E-state index in [1.807, 2.05) is 0 Å². The van der Waals surface area contributed by atoms with E-state index in [9.17, 15) is 0 Å². The fourth-order valence-corrected chi connectivity index (χ4v) is 11.7. The molecule has 2 aliphatic carbocycles. The highest BCUT2D eigenvalue weighted by molar-refractivity contribution is 6.13. The first-order chi connectivity index (χ1) is 30.2. The van der Waals surface area contributed by atoms with Crippen LogP contribution in [0.3, 0.4) is 0 Å². The summed E-state index contributed by atoms with van der Waals surface area (Å²) in [6, 6.07) is 74.1. The third-order valence-electron chi connectivity index (χ3n) is 14.1. The van der Waals surface area contributed by atoms with Crippen molar-refractivity contribution < 1.29 is 4.42 Å². The number of hydrogen-bond donors (Lipinski definition) is 0. The highest BCUT2D eigenvalue weighted by Crippen LogP contribution is 2.61. The molecule has 10 aromatic rings. The van der Waals surface area contributed by atoms with Crippen LogP contribution in [0, 0.1) is 0 Å². The van der Waals surface area contributed by atoms with Gasteiger partial charge in [0.05, 0.1) is 16.8 Å². The summed E-state index contributed by atoms with van der Waals surface area (Å²) in [4.78, 5) is 2.46. The second-order valence-corrected chi connectivity index (χ2v) is 18.7. The number of benzene rings is 9. The maximum Gasteiger partial charge on any atom is 0.159 e. The number of fused-ring (bicyclic) bond motifs is 8. The third-order valence-corrected chi connectivity index (χ3v) is 14.1. The Morgan fingerprint density at radius 2 is 0.968 bits per heavy atom. The molecule has 0 saturated carbocycles. The van der Waals surface area contributed by atoms with Crippen molar-refractivity contribution >= 4 is 49.8 Å². The van der Waals surface area contributed by atoms with Crippen molar-refractivity contribution in [1.82, 2.24) is 0 Å². The van der Waals surface area contributed by atoms with Gasteiger partial charge in [-0.2, -0.15) is 0 Å². The Labute approximate surface area is 363 Å². The molecule has 0 atom stereocenters. The first-order valence-electron chi connectivity index (χ1n) is 22.0. The molecule has 0 unspecified atom stereocenters. The van der Waals surface area contributed by atoms with Gasteiger partial charge in [-0.1, -0.05) is 191 Å². The standard InChI is InChI=1S/C60H47NO/c1-58(2)38-59(3,4)53-37-51-49(36-52(53)58)45-32-31-42(35-50(45)60(51,40-21-10-6-11-22-40)41-23-12-7-13-24-41)61(55-29-18-28-48-47-27-16-17-30-56(47)62-57(48)55)54-34-33-43(39-19-8-5-9-20-39)44-25-14-15-26-46(44)54/h5-37H,38H2,1-4H3. The second-order valence-electron chi connectivity index (χ2n) is 18.7. The zero-order valence-electron chi connectivity index (χ0n) is 35.6. The molecule has 2 nitrogen and oxygen atoms in total. The maximum atomic E-state index is 6.88. The van der Waals surface area contributed by atoms with Gasteiger partial charge in [0.25, 0.3) is 0 Å². The summed E-state index contributed by atoms with van der Waals surface area (Å²) in [6.45, 7) is 9.72. The van der Waals surface area contributed by atoms with Crippen LogP contribution in [0.5, 0.6) is 0 Å². The summed E-state index contributed by atoms with van der Waals surface area (Å²) < 4.78 is 6.88. The van der Waals surface area contributed by atoms with E-state index in [0.717, 1.165) is 45.4 Å². The molecule has 1 aromatic heterocycles. The molecule has 0 N–H and O–H groups in total. The number of hydrogen-bond acceptors (Lipinski definition) is 2. The van der Waals surface area contributed by atoms with Crippen LogP contribution in [-0.2, 0) is 16.2 Å². The number of para-hydroxylation sites is 2. The first kappa shape index (κ1) is 36.7. The molecular weight excluding hydrogens is 751 g/mol. The van der Waals surface area contributed by atoms with Gasteiger partial charge in [0.1, 0.15) is 5.58 Å². The second kappa shape index (κ2) is 13.4. The Hall–Kier alpha value is -7.16. The van der Waals surface area contributed by atoms with E-state index in [0.29, 0.717) is 0 Å². The molecule has 2 aliphatic rings. The van der Waals surface area contributed by atoms with Crippen LogP contribution in [0.25, 0.3) is 55.0 Å². The van der Waals surface area contributed by atoms with Crippen molar-refractivity contribution in [3.63, 3.8) is 0 Å². The fourth-order valence-electron chi connectivity index (χ4n) is 11.7. The van der Waals surface area contributed by atoms with Gasteiger partial charge in [0.15, 0.2) is 5.58 Å². The fraction of sp³-hybridized carbons (Fsp3) is 0.133. The van der Waals surface area contributed by atoms with Crippen molar-refractivity contribution in [3.05, 3.63) is 234 Å². The lowest BCUT2D eigenvalue weighted by Crippen LogP contribution is -2.29. The maximum absolute atomic E-state index is 6.88. The Morgan fingerprint density at radius 3 is 1.68 bits per heavy atom. The van der Waals surface area contributed by atoms with Crippen molar-refractivity contribution in [3.8, 4) is 22.3 Å². The van der Waals surface area contributed by atoms with Gasteiger partial charge in [-0.15, -0.1) is 0 Å². The van der Waals surface area contributed by atoms with Gasteiger partial charge in [-0.3, -0.25) is 0 Å². The quantitative estimate of drug-likeness (QED) is 0.167. The van der Waals surface area contributed by atoms with Crippen LogP contribution in [0.15, 0.2) is 205 Å². The van der Waals surface area contributed by atoms with Crippen molar-refractivity contribution in [2.24, 2.45) is 0 Å². The minimum Gasteiger partial charge on any atom is -0.454 e. The molecule has 0 aliphatic heterocycles. The van der Waals surface area contributed by atoms with E-state index in [4.69, 9.17) is 4.42 Å². The summed E-state index contributed by atoms with van der Waals surface area (Å²) in [7, 11) is 0. The lowest BCUT2D eigenvalue weighted by atomic mass is 9.67. The Bertz CT molecular complexity index is 3330. The SMILES string of the molecule is CC1(C)CC(C)(C)c2cc3c(cc21)-c1ccc(N(c2ccc(-c4ccccc4)c4ccccc24)c2cccc4c2oc2ccccc24)cc1C3(c1ccccc1)c1ccccc1. The van der Waals surface area contributed by atoms with Gasteiger partial charge in [0.2, 0.25) is 0 Å². The first-order valence-corrected chi connectivity index (χ1v) is 22.0. The normalized spacial score (nSPS) is 15.4. The van der Waals surface area contributed by atoms with Crippen molar-refractivity contribution in [1.29, 1.82) is 0 Å². The number of rotatable bonds is 6. The highest BCUT2D eigenvalue weighted by Gasteiger charge is 2.50. The van der Waals surface area contributed by atoms with Crippen LogP contribution in [-0.4, -0.2) is 0 Å². The molecule has 12 rings (SSSR count). The zero-order valence-corrected chi connectivity index (χ0v) is 35.6. The Kier molecular flexibility index (Phi) is 7.94. The Morgan fingerprint density at radius 1 is 0.403 bits per heavy atom. The predicted octanol–water partition coefficient (Wildman–Crippen LogP) is 16.2. The van der Waals surface area contributed by atoms with E-state index in [-0.39, 0.29) is 10.8 Å². The third kappa shape index (κ3) is 5.23. The minimum atomic E-state index is -0.572. The molecule has 2 heteroatoms. The zero-order chi connectivity index (χ0) is 41.8. The number of anilines is 3. The molecule has 0 spiro atoms. The van der Waals surface area contributed by atoms with E-state index in [2.05, 4.69) is 233 Å². The largest absolute Gasteiger partial charge is 0.454 e. The van der Waals surface area contributed by atoms with Crippen LogP contribution >= 0.6 is 0 Å². The lowest BCUT2D eigenvalue weighted by molar-refractivity contribution is 0.403. The molecular formula is C60H47NO. The van der Waals surface area contributed by atoms with E-state index in [1.54, 1.807) is 0 Å². The molecule has 9 aromatic carbocycles. The lowest BCUT2D eigenvalue weighted by Gasteiger charge is -2.35. The average molecular weight is 798 g/mol. The summed E-state index contributed by atoms with van der Waals surface area (Å²) in [5.41, 5.74) is 17.6. The summed E-state index contributed by atoms with van der Waals surface area (Å²) >= 11 is 0. The summed E-state index contributed by atoms with van der Waals surface area (Å²) in [6.07, 6.45) is 1.12. The van der Waals surface area contributed by atoms with Crippen LogP contribution < -0.4 is 4.90 Å². The summed E-state index contributed by atoms with van der Waals surface area (Å²) in [5, 5.41) is 4.59. The van der Waals surface area contributed by atoms with Crippen LogP contribution in [0.4, 0.5) is 17.1 Å². The highest BCUT2D eigenvalue weighted by atomic mass is 16.3. The molecule has 1 heterocycles. The van der Waals surface area contributed by atoms with Gasteiger partial charge < -0.3 is 9.32 Å². The van der Waals surface area contributed by atoms with Crippen LogP contribution in [0.2, 0.25) is 0 Å². The predicted molar refractivity (Wildman–Crippen MR) is 259 cm³/mol. The van der Waals surface area contributed by atoms with Crippen molar-refractivity contribution in [2.45, 2.75) is 50.4 Å². The smallest absolute Gasteiger partial charge is 0.159 e. The molecule has 298 valence electrons. The van der Waals surface area contributed by atoms with Gasteiger partial charge in [-0.25, -0.2) is 0 Å². The monoisotopic (exact) mass is 797 g/mol. The number of nitrogens with zero attached hydrogens (tertiary/aromatic N) is 1. The molecule has 62 heavy (non-hydrogen) atoms. The number of furan rings is 1. The van der Waals surface area contributed by atoms with Crippen LogP contribution in [0.1, 0.15) is 67.5 Å². The van der Waals surface area contributed by atoms with Gasteiger partial charge >= 0.3 is 0 Å². The van der Waals surface area contributed by atoms with E-state index >= 15 is 0 Å².